The van der Waals surface area contributed by atoms with E-state index in [9.17, 15) is 14.4 Å². The fourth-order valence-electron chi connectivity index (χ4n) is 4.20. The molecule has 0 aliphatic carbocycles. The van der Waals surface area contributed by atoms with Crippen LogP contribution < -0.4 is 19.7 Å². The molecule has 0 aromatic heterocycles. The molecule has 2 heterocycles. The highest BCUT2D eigenvalue weighted by molar-refractivity contribution is 6.11. The van der Waals surface area contributed by atoms with Crippen LogP contribution in [0, 0.1) is 6.92 Å². The first-order chi connectivity index (χ1) is 14.9. The molecule has 0 saturated carbocycles. The van der Waals surface area contributed by atoms with Crippen LogP contribution in [0.2, 0.25) is 0 Å². The third-order valence-electron chi connectivity index (χ3n) is 5.92. The number of hydrogen-bond acceptors (Lipinski definition) is 5. The summed E-state index contributed by atoms with van der Waals surface area (Å²) in [4.78, 5) is 41.8. The van der Waals surface area contributed by atoms with Gasteiger partial charge in [0.05, 0.1) is 19.3 Å². The normalized spacial score (nSPS) is 20.2. The molecule has 1 N–H and O–H groups in total. The van der Waals surface area contributed by atoms with Crippen molar-refractivity contribution in [2.45, 2.75) is 25.8 Å². The van der Waals surface area contributed by atoms with Crippen molar-refractivity contribution in [1.82, 2.24) is 10.2 Å². The summed E-state index contributed by atoms with van der Waals surface area (Å²) in [7, 11) is 1.58. The number of para-hydroxylation sites is 2. The topological polar surface area (TPSA) is 88.2 Å². The second-order valence-electron chi connectivity index (χ2n) is 7.63. The molecule has 2 aliphatic heterocycles. The molecular weight excluding hydrogens is 398 g/mol. The minimum Gasteiger partial charge on any atom is -0.496 e. The largest absolute Gasteiger partial charge is 0.496 e. The zero-order valence-corrected chi connectivity index (χ0v) is 17.8. The van der Waals surface area contributed by atoms with Gasteiger partial charge in [0.1, 0.15) is 30.2 Å². The fourth-order valence-corrected chi connectivity index (χ4v) is 4.20. The van der Waals surface area contributed by atoms with Gasteiger partial charge in [0.15, 0.2) is 0 Å². The average Bonchev–Trinajstić information content (AvgIpc) is 3.03. The lowest BCUT2D eigenvalue weighted by molar-refractivity contribution is -0.134. The Morgan fingerprint density at radius 3 is 2.71 bits per heavy atom. The molecule has 1 atom stereocenters. The number of carbonyl (C=O) groups is 3. The van der Waals surface area contributed by atoms with Gasteiger partial charge in [0, 0.05) is 0 Å². The number of imide groups is 1. The molecule has 4 rings (SSSR count). The number of ether oxygens (including phenoxy) is 2. The predicted octanol–water partition coefficient (Wildman–Crippen LogP) is 2.59. The first-order valence-electron chi connectivity index (χ1n) is 10.2. The highest BCUT2D eigenvalue weighted by Crippen LogP contribution is 2.35. The number of nitrogens with one attached hydrogen (secondary N) is 1. The summed E-state index contributed by atoms with van der Waals surface area (Å²) in [6, 6.07) is 12.0. The number of methoxy groups -OCH3 is 1. The summed E-state index contributed by atoms with van der Waals surface area (Å²) >= 11 is 0. The minimum atomic E-state index is -1.21. The van der Waals surface area contributed by atoms with E-state index in [1.807, 2.05) is 32.0 Å². The molecule has 0 bridgehead atoms. The van der Waals surface area contributed by atoms with Gasteiger partial charge < -0.3 is 19.7 Å². The van der Waals surface area contributed by atoms with E-state index in [2.05, 4.69) is 5.32 Å². The van der Waals surface area contributed by atoms with E-state index in [1.54, 1.807) is 36.3 Å². The maximum atomic E-state index is 13.4. The van der Waals surface area contributed by atoms with Gasteiger partial charge in [-0.3, -0.25) is 14.5 Å². The fraction of sp³-hybridized carbons (Fsp3) is 0.348. The molecule has 1 unspecified atom stereocenters. The van der Waals surface area contributed by atoms with Gasteiger partial charge >= 0.3 is 6.03 Å². The van der Waals surface area contributed by atoms with Crippen LogP contribution in [0.25, 0.3) is 0 Å². The molecule has 2 aliphatic rings. The van der Waals surface area contributed by atoms with E-state index in [-0.39, 0.29) is 12.5 Å². The zero-order chi connectivity index (χ0) is 22.2. The zero-order valence-electron chi connectivity index (χ0n) is 17.8. The third kappa shape index (κ3) is 3.37. The number of aryl methyl sites for hydroxylation is 1. The Hall–Kier alpha value is -3.55. The lowest BCUT2D eigenvalue weighted by Gasteiger charge is -2.30. The number of benzene rings is 2. The van der Waals surface area contributed by atoms with E-state index in [4.69, 9.17) is 9.47 Å². The number of urea groups is 1. The van der Waals surface area contributed by atoms with E-state index >= 15 is 0 Å². The number of nitrogens with zero attached hydrogens (tertiary/aromatic N) is 2. The Bertz CT molecular complexity index is 1050. The van der Waals surface area contributed by atoms with Crippen LogP contribution in [0.5, 0.6) is 11.5 Å². The molecular formula is C23H25N3O5. The second-order valence-corrected chi connectivity index (χ2v) is 7.63. The van der Waals surface area contributed by atoms with Crippen molar-refractivity contribution in [2.24, 2.45) is 0 Å². The maximum absolute atomic E-state index is 13.4. The Morgan fingerprint density at radius 2 is 2.00 bits per heavy atom. The van der Waals surface area contributed by atoms with Crippen LogP contribution in [0.15, 0.2) is 42.5 Å². The molecule has 0 radical (unpaired) electrons. The summed E-state index contributed by atoms with van der Waals surface area (Å²) in [6.07, 6.45) is 0.356. The summed E-state index contributed by atoms with van der Waals surface area (Å²) in [6.45, 7) is 4.09. The molecule has 8 heteroatoms. The third-order valence-corrected chi connectivity index (χ3v) is 5.92. The molecule has 8 nitrogen and oxygen atoms in total. The quantitative estimate of drug-likeness (QED) is 0.747. The Balaban J connectivity index is 1.60. The number of hydrogen-bond donors (Lipinski definition) is 1. The molecule has 31 heavy (non-hydrogen) atoms. The average molecular weight is 423 g/mol. The standard InChI is InChI=1S/C23H25N3O5/c1-4-23(16-9-10-18(30-3)15(2)13-16)21(28)26(22(29)24-23)14-20(27)25-11-12-31-19-8-6-5-7-17(19)25/h5-10,13H,4,11-12,14H2,1-3H3,(H,24,29). The molecule has 1 saturated heterocycles. The number of amides is 4. The predicted molar refractivity (Wildman–Crippen MR) is 114 cm³/mol. The first-order valence-corrected chi connectivity index (χ1v) is 10.2. The molecule has 2 aromatic carbocycles. The van der Waals surface area contributed by atoms with Gasteiger partial charge in [-0.1, -0.05) is 25.1 Å². The molecule has 1 fully saturated rings. The van der Waals surface area contributed by atoms with E-state index in [1.165, 1.54) is 0 Å². The number of fused-ring (bicyclic) bond motifs is 1. The molecule has 2 aromatic rings. The summed E-state index contributed by atoms with van der Waals surface area (Å²) in [5, 5.41) is 2.83. The van der Waals surface area contributed by atoms with E-state index < -0.39 is 17.5 Å². The summed E-state index contributed by atoms with van der Waals surface area (Å²) in [5.74, 6) is 0.539. The van der Waals surface area contributed by atoms with Crippen molar-refractivity contribution in [2.75, 3.05) is 31.7 Å². The lowest BCUT2D eigenvalue weighted by atomic mass is 9.86. The first kappa shape index (κ1) is 20.7. The Kier molecular flexibility index (Phi) is 5.31. The number of anilines is 1. The summed E-state index contributed by atoms with van der Waals surface area (Å²) < 4.78 is 10.9. The van der Waals surface area contributed by atoms with Crippen molar-refractivity contribution in [3.63, 3.8) is 0 Å². The van der Waals surface area contributed by atoms with Crippen LogP contribution in [0.4, 0.5) is 10.5 Å². The van der Waals surface area contributed by atoms with Crippen LogP contribution in [0.3, 0.4) is 0 Å². The van der Waals surface area contributed by atoms with Crippen LogP contribution in [0.1, 0.15) is 24.5 Å². The molecule has 4 amide bonds. The van der Waals surface area contributed by atoms with Crippen molar-refractivity contribution >= 4 is 23.5 Å². The monoisotopic (exact) mass is 423 g/mol. The van der Waals surface area contributed by atoms with E-state index in [0.29, 0.717) is 42.3 Å². The van der Waals surface area contributed by atoms with Gasteiger partial charge in [0.2, 0.25) is 5.91 Å². The summed E-state index contributed by atoms with van der Waals surface area (Å²) in [5.41, 5.74) is 0.947. The van der Waals surface area contributed by atoms with Crippen molar-refractivity contribution < 1.29 is 23.9 Å². The van der Waals surface area contributed by atoms with Crippen molar-refractivity contribution in [3.05, 3.63) is 53.6 Å². The molecule has 0 spiro atoms. The highest BCUT2D eigenvalue weighted by Gasteiger charge is 2.52. The Morgan fingerprint density at radius 1 is 1.23 bits per heavy atom. The SMILES string of the molecule is CCC1(c2ccc(OC)c(C)c2)NC(=O)N(CC(=O)N2CCOc3ccccc32)C1=O. The highest BCUT2D eigenvalue weighted by atomic mass is 16.5. The van der Waals surface area contributed by atoms with E-state index in [0.717, 1.165) is 10.5 Å². The van der Waals surface area contributed by atoms with Crippen LogP contribution in [-0.4, -0.2) is 49.6 Å². The van der Waals surface area contributed by atoms with Gasteiger partial charge in [-0.05, 0) is 48.7 Å². The number of rotatable bonds is 5. The van der Waals surface area contributed by atoms with Gasteiger partial charge in [-0.2, -0.15) is 0 Å². The van der Waals surface area contributed by atoms with Gasteiger partial charge in [0.25, 0.3) is 5.91 Å². The number of carbonyl (C=O) groups excluding carboxylic acids is 3. The van der Waals surface area contributed by atoms with Gasteiger partial charge in [-0.15, -0.1) is 0 Å². The van der Waals surface area contributed by atoms with Crippen molar-refractivity contribution in [1.29, 1.82) is 0 Å². The van der Waals surface area contributed by atoms with Crippen LogP contribution in [-0.2, 0) is 15.1 Å². The Labute approximate surface area is 180 Å². The van der Waals surface area contributed by atoms with Crippen LogP contribution >= 0.6 is 0 Å². The maximum Gasteiger partial charge on any atom is 0.325 e. The van der Waals surface area contributed by atoms with Gasteiger partial charge in [-0.25, -0.2) is 4.79 Å². The smallest absolute Gasteiger partial charge is 0.325 e. The second kappa shape index (κ2) is 7.94. The lowest BCUT2D eigenvalue weighted by Crippen LogP contribution is -2.47. The minimum absolute atomic E-state index is 0.336. The molecule has 162 valence electrons. The van der Waals surface area contributed by atoms with Crippen molar-refractivity contribution in [3.8, 4) is 11.5 Å².